The molecule has 0 saturated heterocycles. The Labute approximate surface area is 165 Å². The molecule has 7 nitrogen and oxygen atoms in total. The van der Waals surface area contributed by atoms with Crippen LogP contribution in [0.15, 0.2) is 68.2 Å². The second-order valence-electron chi connectivity index (χ2n) is 6.02. The summed E-state index contributed by atoms with van der Waals surface area (Å²) in [5, 5.41) is 7.19. The lowest BCUT2D eigenvalue weighted by Crippen LogP contribution is -2.08. The van der Waals surface area contributed by atoms with Gasteiger partial charge in [-0.25, -0.2) is 9.98 Å². The Morgan fingerprint density at radius 1 is 1.30 bits per heavy atom. The number of allylic oxidation sites excluding steroid dienone is 1. The molecule has 3 N–H and O–H groups in total. The molecule has 0 spiro atoms. The Morgan fingerprint density at radius 2 is 2.07 bits per heavy atom. The van der Waals surface area contributed by atoms with E-state index < -0.39 is 0 Å². The highest BCUT2D eigenvalue weighted by Gasteiger charge is 2.08. The predicted octanol–water partition coefficient (Wildman–Crippen LogP) is 4.46. The minimum Gasteiger partial charge on any atom is -0.384 e. The van der Waals surface area contributed by atoms with Gasteiger partial charge in [-0.1, -0.05) is 41.1 Å². The lowest BCUT2D eigenvalue weighted by Gasteiger charge is -2.04. The minimum atomic E-state index is 0.378. The van der Waals surface area contributed by atoms with Crippen LogP contribution in [0.2, 0.25) is 0 Å². The Hall–Kier alpha value is -3.00. The standard InChI is InChI=1S/C19H19BrN6O/c1-12(2)8-17(21)24-18-15(20)11-23-19(25-18)22-10-14-9-16(26-27-14)13-6-4-3-5-7-13/h3-9,11H,10H2,1-2H3,(H3,21,22,23,24,25). The summed E-state index contributed by atoms with van der Waals surface area (Å²) in [7, 11) is 0. The van der Waals surface area contributed by atoms with Gasteiger partial charge >= 0.3 is 0 Å². The molecular formula is C19H19BrN6O. The van der Waals surface area contributed by atoms with Crippen LogP contribution in [0.1, 0.15) is 19.6 Å². The lowest BCUT2D eigenvalue weighted by molar-refractivity contribution is 0.390. The van der Waals surface area contributed by atoms with Crippen LogP contribution in [0.25, 0.3) is 11.3 Å². The van der Waals surface area contributed by atoms with Crippen LogP contribution in [0.3, 0.4) is 0 Å². The molecule has 0 aliphatic rings. The van der Waals surface area contributed by atoms with E-state index in [0.29, 0.717) is 34.4 Å². The highest BCUT2D eigenvalue weighted by molar-refractivity contribution is 9.10. The number of aliphatic imine (C=N–C) groups is 1. The first-order chi connectivity index (χ1) is 13.0. The van der Waals surface area contributed by atoms with E-state index in [1.165, 1.54) is 0 Å². The first kappa shape index (κ1) is 18.8. The summed E-state index contributed by atoms with van der Waals surface area (Å²) in [4.78, 5) is 12.9. The van der Waals surface area contributed by atoms with Gasteiger partial charge in [0.15, 0.2) is 11.6 Å². The Bertz CT molecular complexity index is 977. The Morgan fingerprint density at radius 3 is 2.81 bits per heavy atom. The van der Waals surface area contributed by atoms with Crippen LogP contribution in [0, 0.1) is 0 Å². The van der Waals surface area contributed by atoms with Crippen molar-refractivity contribution in [3.8, 4) is 11.3 Å². The fourth-order valence-corrected chi connectivity index (χ4v) is 2.56. The van der Waals surface area contributed by atoms with E-state index in [9.17, 15) is 0 Å². The third-order valence-electron chi connectivity index (χ3n) is 3.45. The molecule has 0 radical (unpaired) electrons. The van der Waals surface area contributed by atoms with Crippen molar-refractivity contribution < 1.29 is 4.52 Å². The number of benzene rings is 1. The SMILES string of the molecule is CC(C)=CC(N)=Nc1nc(NCc2cc(-c3ccccc3)no2)ncc1Br. The second kappa shape index (κ2) is 8.59. The summed E-state index contributed by atoms with van der Waals surface area (Å²) in [6.45, 7) is 4.30. The molecule has 0 bridgehead atoms. The average Bonchev–Trinajstić information content (AvgIpc) is 3.11. The number of hydrogen-bond acceptors (Lipinski definition) is 6. The largest absolute Gasteiger partial charge is 0.384 e. The fraction of sp³-hybridized carbons (Fsp3) is 0.158. The van der Waals surface area contributed by atoms with Gasteiger partial charge in [-0.2, -0.15) is 4.98 Å². The first-order valence-electron chi connectivity index (χ1n) is 8.28. The number of amidine groups is 1. The molecule has 0 unspecified atom stereocenters. The zero-order valence-electron chi connectivity index (χ0n) is 15.0. The van der Waals surface area contributed by atoms with Crippen molar-refractivity contribution in [1.29, 1.82) is 0 Å². The molecule has 27 heavy (non-hydrogen) atoms. The zero-order valence-corrected chi connectivity index (χ0v) is 16.6. The van der Waals surface area contributed by atoms with Crippen molar-refractivity contribution in [2.75, 3.05) is 5.32 Å². The molecule has 8 heteroatoms. The van der Waals surface area contributed by atoms with Crippen molar-refractivity contribution >= 4 is 33.5 Å². The molecule has 138 valence electrons. The van der Waals surface area contributed by atoms with Gasteiger partial charge in [-0.3, -0.25) is 0 Å². The summed E-state index contributed by atoms with van der Waals surface area (Å²) < 4.78 is 6.03. The highest BCUT2D eigenvalue weighted by atomic mass is 79.9. The average molecular weight is 427 g/mol. The lowest BCUT2D eigenvalue weighted by atomic mass is 10.1. The van der Waals surface area contributed by atoms with Gasteiger partial charge in [-0.05, 0) is 35.9 Å². The molecule has 1 aromatic carbocycles. The molecule has 0 saturated carbocycles. The van der Waals surface area contributed by atoms with E-state index in [-0.39, 0.29) is 0 Å². The van der Waals surface area contributed by atoms with Gasteiger partial charge in [0.1, 0.15) is 11.5 Å². The maximum absolute atomic E-state index is 5.90. The third-order valence-corrected chi connectivity index (χ3v) is 4.01. The normalized spacial score (nSPS) is 11.3. The number of hydrogen-bond donors (Lipinski definition) is 2. The zero-order chi connectivity index (χ0) is 19.2. The molecule has 0 amide bonds. The molecule has 0 atom stereocenters. The number of halogens is 1. The highest BCUT2D eigenvalue weighted by Crippen LogP contribution is 2.24. The van der Waals surface area contributed by atoms with E-state index in [1.54, 1.807) is 12.3 Å². The molecule has 0 fully saturated rings. The smallest absolute Gasteiger partial charge is 0.225 e. The quantitative estimate of drug-likeness (QED) is 0.445. The number of rotatable bonds is 6. The fourth-order valence-electron chi connectivity index (χ4n) is 2.28. The molecular weight excluding hydrogens is 408 g/mol. The summed E-state index contributed by atoms with van der Waals surface area (Å²) in [5.41, 5.74) is 8.73. The van der Waals surface area contributed by atoms with Crippen molar-refractivity contribution in [2.45, 2.75) is 20.4 Å². The van der Waals surface area contributed by atoms with Crippen molar-refractivity contribution in [1.82, 2.24) is 15.1 Å². The van der Waals surface area contributed by atoms with E-state index >= 15 is 0 Å². The van der Waals surface area contributed by atoms with Crippen LogP contribution in [0.4, 0.5) is 11.8 Å². The number of nitrogens with two attached hydrogens (primary N) is 1. The Kier molecular flexibility index (Phi) is 5.97. The van der Waals surface area contributed by atoms with Crippen molar-refractivity contribution in [2.24, 2.45) is 10.7 Å². The van der Waals surface area contributed by atoms with Crippen molar-refractivity contribution in [3.63, 3.8) is 0 Å². The number of aromatic nitrogens is 3. The maximum Gasteiger partial charge on any atom is 0.225 e. The Balaban J connectivity index is 1.71. The van der Waals surface area contributed by atoms with Crippen molar-refractivity contribution in [3.05, 3.63) is 64.5 Å². The van der Waals surface area contributed by atoms with Crippen LogP contribution in [-0.2, 0) is 6.54 Å². The van der Waals surface area contributed by atoms with Crippen LogP contribution in [0.5, 0.6) is 0 Å². The molecule has 3 rings (SSSR count). The van der Waals surface area contributed by atoms with E-state index in [4.69, 9.17) is 10.3 Å². The number of nitrogens with zero attached hydrogens (tertiary/aromatic N) is 4. The van der Waals surface area contributed by atoms with E-state index in [0.717, 1.165) is 16.8 Å². The molecule has 2 heterocycles. The molecule has 3 aromatic rings. The third kappa shape index (κ3) is 5.24. The number of anilines is 1. The van der Waals surface area contributed by atoms with Gasteiger partial charge in [0.05, 0.1) is 11.0 Å². The molecule has 0 aliphatic carbocycles. The van der Waals surface area contributed by atoms with E-state index in [2.05, 4.69) is 41.4 Å². The van der Waals surface area contributed by atoms with Gasteiger partial charge < -0.3 is 15.6 Å². The predicted molar refractivity (Wildman–Crippen MR) is 110 cm³/mol. The maximum atomic E-state index is 5.90. The summed E-state index contributed by atoms with van der Waals surface area (Å²) >= 11 is 3.39. The van der Waals surface area contributed by atoms with Gasteiger partial charge in [0.2, 0.25) is 5.95 Å². The van der Waals surface area contributed by atoms with Crippen LogP contribution < -0.4 is 11.1 Å². The van der Waals surface area contributed by atoms with Crippen LogP contribution in [-0.4, -0.2) is 21.0 Å². The first-order valence-corrected chi connectivity index (χ1v) is 9.07. The topological polar surface area (TPSA) is 102 Å². The van der Waals surface area contributed by atoms with Gasteiger partial charge in [0, 0.05) is 17.8 Å². The van der Waals surface area contributed by atoms with Gasteiger partial charge in [0.25, 0.3) is 0 Å². The second-order valence-corrected chi connectivity index (χ2v) is 6.88. The monoisotopic (exact) mass is 426 g/mol. The summed E-state index contributed by atoms with van der Waals surface area (Å²) in [6, 6.07) is 11.7. The molecule has 0 aliphatic heterocycles. The summed E-state index contributed by atoms with van der Waals surface area (Å²) in [5.74, 6) is 1.92. The van der Waals surface area contributed by atoms with Gasteiger partial charge in [-0.15, -0.1) is 0 Å². The van der Waals surface area contributed by atoms with E-state index in [1.807, 2.05) is 50.2 Å². The van der Waals surface area contributed by atoms with Crippen LogP contribution >= 0.6 is 15.9 Å². The number of nitrogens with one attached hydrogen (secondary N) is 1. The summed E-state index contributed by atoms with van der Waals surface area (Å²) in [6.07, 6.45) is 3.40. The molecule has 2 aromatic heterocycles. The minimum absolute atomic E-state index is 0.378.